The summed E-state index contributed by atoms with van der Waals surface area (Å²) in [6.45, 7) is 9.82. The number of aryl methyl sites for hydroxylation is 1. The van der Waals surface area contributed by atoms with Gasteiger partial charge in [0, 0.05) is 5.69 Å². The second kappa shape index (κ2) is 8.49. The Balaban J connectivity index is 1.87. The van der Waals surface area contributed by atoms with Crippen LogP contribution in [0.4, 0.5) is 11.4 Å². The summed E-state index contributed by atoms with van der Waals surface area (Å²) in [6, 6.07) is 6.92. The van der Waals surface area contributed by atoms with Crippen LogP contribution in [0.25, 0.3) is 0 Å². The third-order valence-electron chi connectivity index (χ3n) is 5.48. The van der Waals surface area contributed by atoms with E-state index in [0.717, 1.165) is 0 Å². The fourth-order valence-corrected chi connectivity index (χ4v) is 3.76. The van der Waals surface area contributed by atoms with Gasteiger partial charge in [-0.3, -0.25) is 14.5 Å². The number of aromatic amines is 1. The topological polar surface area (TPSA) is 118 Å². The molecule has 1 aromatic carbocycles. The number of esters is 2. The molecule has 0 spiro atoms. The van der Waals surface area contributed by atoms with E-state index in [1.165, 1.54) is 11.8 Å². The van der Waals surface area contributed by atoms with E-state index in [0.29, 0.717) is 22.6 Å². The Hall–Kier alpha value is -3.62. The van der Waals surface area contributed by atoms with Crippen molar-refractivity contribution in [3.8, 4) is 0 Å². The third-order valence-corrected chi connectivity index (χ3v) is 5.48. The van der Waals surface area contributed by atoms with Crippen LogP contribution >= 0.6 is 0 Å². The lowest BCUT2D eigenvalue weighted by Crippen LogP contribution is -2.60. The normalized spacial score (nSPS) is 15.4. The van der Waals surface area contributed by atoms with Crippen LogP contribution in [-0.4, -0.2) is 47.0 Å². The van der Waals surface area contributed by atoms with Gasteiger partial charge in [-0.15, -0.1) is 0 Å². The molecule has 0 saturated heterocycles. The number of nitrogens with zero attached hydrogens (tertiary/aromatic N) is 1. The minimum Gasteiger partial charge on any atom is -0.461 e. The number of hydrogen-bond donors (Lipinski definition) is 2. The van der Waals surface area contributed by atoms with Crippen molar-refractivity contribution in [1.29, 1.82) is 0 Å². The van der Waals surface area contributed by atoms with Gasteiger partial charge < -0.3 is 19.8 Å². The number of fused-ring (bicyclic) bond motifs is 1. The molecule has 2 amide bonds. The molecule has 32 heavy (non-hydrogen) atoms. The van der Waals surface area contributed by atoms with Gasteiger partial charge in [-0.2, -0.15) is 0 Å². The van der Waals surface area contributed by atoms with Gasteiger partial charge in [0.05, 0.1) is 23.5 Å². The molecule has 9 heteroatoms. The first kappa shape index (κ1) is 23.1. The van der Waals surface area contributed by atoms with E-state index in [4.69, 9.17) is 9.47 Å². The first-order valence-corrected chi connectivity index (χ1v) is 10.3. The Kier molecular flexibility index (Phi) is 6.11. The SMILES string of the molecule is CCOC(=O)c1[nH]c(C)c(C(=O)O[C@@H](C)C(=O)N2c3ccccc3NC(=O)C2(C)C)c1C. The molecule has 0 bridgehead atoms. The number of hydrogen-bond acceptors (Lipinski definition) is 6. The van der Waals surface area contributed by atoms with Crippen LogP contribution in [0.2, 0.25) is 0 Å². The molecule has 2 N–H and O–H groups in total. The van der Waals surface area contributed by atoms with Crippen molar-refractivity contribution in [2.24, 2.45) is 0 Å². The van der Waals surface area contributed by atoms with Crippen LogP contribution < -0.4 is 10.2 Å². The Labute approximate surface area is 186 Å². The highest BCUT2D eigenvalue weighted by molar-refractivity contribution is 6.15. The lowest BCUT2D eigenvalue weighted by Gasteiger charge is -2.42. The zero-order chi connectivity index (χ0) is 23.8. The smallest absolute Gasteiger partial charge is 0.355 e. The van der Waals surface area contributed by atoms with Gasteiger partial charge in [0.2, 0.25) is 5.91 Å². The molecule has 0 aliphatic carbocycles. The van der Waals surface area contributed by atoms with Crippen molar-refractivity contribution in [3.63, 3.8) is 0 Å². The summed E-state index contributed by atoms with van der Waals surface area (Å²) in [5, 5.41) is 2.79. The molecule has 0 unspecified atom stereocenters. The van der Waals surface area contributed by atoms with E-state index in [-0.39, 0.29) is 23.8 Å². The van der Waals surface area contributed by atoms with E-state index < -0.39 is 29.5 Å². The summed E-state index contributed by atoms with van der Waals surface area (Å²) in [7, 11) is 0. The second-order valence-electron chi connectivity index (χ2n) is 8.10. The molecule has 170 valence electrons. The molecule has 0 radical (unpaired) electrons. The third kappa shape index (κ3) is 3.86. The molecule has 0 fully saturated rings. The van der Waals surface area contributed by atoms with Gasteiger partial charge >= 0.3 is 11.9 Å². The maximum absolute atomic E-state index is 13.3. The molecule has 2 heterocycles. The van der Waals surface area contributed by atoms with Gasteiger partial charge in [0.15, 0.2) is 6.10 Å². The number of anilines is 2. The molecule has 1 aliphatic heterocycles. The Bertz CT molecular complexity index is 1100. The number of aromatic nitrogens is 1. The summed E-state index contributed by atoms with van der Waals surface area (Å²) >= 11 is 0. The summed E-state index contributed by atoms with van der Waals surface area (Å²) in [4.78, 5) is 55.2. The van der Waals surface area contributed by atoms with Crippen molar-refractivity contribution in [2.45, 2.75) is 53.2 Å². The van der Waals surface area contributed by atoms with Crippen LogP contribution in [0.1, 0.15) is 59.8 Å². The molecule has 9 nitrogen and oxygen atoms in total. The maximum Gasteiger partial charge on any atom is 0.355 e. The number of nitrogens with one attached hydrogen (secondary N) is 2. The zero-order valence-corrected chi connectivity index (χ0v) is 19.0. The number of ether oxygens (including phenoxy) is 2. The van der Waals surface area contributed by atoms with Crippen molar-refractivity contribution in [1.82, 2.24) is 4.98 Å². The van der Waals surface area contributed by atoms with E-state index in [9.17, 15) is 19.2 Å². The summed E-state index contributed by atoms with van der Waals surface area (Å²) in [6.07, 6.45) is -1.18. The molecule has 1 atom stereocenters. The number of carbonyl (C=O) groups excluding carboxylic acids is 4. The monoisotopic (exact) mass is 441 g/mol. The van der Waals surface area contributed by atoms with Crippen molar-refractivity contribution < 1.29 is 28.7 Å². The molecule has 1 aliphatic rings. The molecule has 3 rings (SSSR count). The first-order chi connectivity index (χ1) is 15.0. The predicted molar refractivity (Wildman–Crippen MR) is 118 cm³/mol. The quantitative estimate of drug-likeness (QED) is 0.689. The first-order valence-electron chi connectivity index (χ1n) is 10.3. The highest BCUT2D eigenvalue weighted by atomic mass is 16.5. The van der Waals surface area contributed by atoms with Crippen LogP contribution in [0.5, 0.6) is 0 Å². The van der Waals surface area contributed by atoms with Gasteiger partial charge in [0.25, 0.3) is 5.91 Å². The molecule has 0 saturated carbocycles. The van der Waals surface area contributed by atoms with Gasteiger partial charge in [-0.1, -0.05) is 12.1 Å². The minimum atomic E-state index is -1.19. The maximum atomic E-state index is 13.3. The number of amides is 2. The lowest BCUT2D eigenvalue weighted by atomic mass is 9.95. The largest absolute Gasteiger partial charge is 0.461 e. The fourth-order valence-electron chi connectivity index (χ4n) is 3.76. The van der Waals surface area contributed by atoms with Gasteiger partial charge in [-0.05, 0) is 59.2 Å². The van der Waals surface area contributed by atoms with Gasteiger partial charge in [0.1, 0.15) is 11.2 Å². The number of rotatable bonds is 5. The lowest BCUT2D eigenvalue weighted by molar-refractivity contribution is -0.131. The van der Waals surface area contributed by atoms with Crippen LogP contribution in [-0.2, 0) is 19.1 Å². The number of benzene rings is 1. The summed E-state index contributed by atoms with van der Waals surface area (Å²) in [5.41, 5.74) is 0.973. The number of H-pyrrole nitrogens is 1. The number of carbonyl (C=O) groups is 4. The van der Waals surface area contributed by atoms with Gasteiger partial charge in [-0.25, -0.2) is 9.59 Å². The molecule has 2 aromatic rings. The van der Waals surface area contributed by atoms with Crippen molar-refractivity contribution in [3.05, 3.63) is 46.8 Å². The standard InChI is InChI=1S/C23H27N3O6/c1-7-31-21(29)18-12(2)17(13(3)24-18)20(28)32-14(4)19(27)26-16-11-9-8-10-15(16)25-22(30)23(26,5)6/h8-11,14,24H,7H2,1-6H3,(H,25,30)/t14-/m0/s1. The molecular weight excluding hydrogens is 414 g/mol. The van der Waals surface area contributed by atoms with Crippen molar-refractivity contribution in [2.75, 3.05) is 16.8 Å². The fraction of sp³-hybridized carbons (Fsp3) is 0.391. The zero-order valence-electron chi connectivity index (χ0n) is 19.0. The van der Waals surface area contributed by atoms with E-state index in [1.807, 2.05) is 0 Å². The van der Waals surface area contributed by atoms with E-state index in [2.05, 4.69) is 10.3 Å². The highest BCUT2D eigenvalue weighted by Gasteiger charge is 2.45. The molecular formula is C23H27N3O6. The summed E-state index contributed by atoms with van der Waals surface area (Å²) < 4.78 is 10.5. The number of para-hydroxylation sites is 2. The molecule has 1 aromatic heterocycles. The summed E-state index contributed by atoms with van der Waals surface area (Å²) in [5.74, 6) is -2.21. The minimum absolute atomic E-state index is 0.165. The van der Waals surface area contributed by atoms with Crippen molar-refractivity contribution >= 4 is 35.1 Å². The Morgan fingerprint density at radius 1 is 1.12 bits per heavy atom. The van der Waals surface area contributed by atoms with E-state index >= 15 is 0 Å². The Morgan fingerprint density at radius 2 is 1.78 bits per heavy atom. The van der Waals surface area contributed by atoms with Crippen LogP contribution in [0.3, 0.4) is 0 Å². The van der Waals surface area contributed by atoms with Crippen LogP contribution in [0.15, 0.2) is 24.3 Å². The predicted octanol–water partition coefficient (Wildman–Crippen LogP) is 3.12. The highest BCUT2D eigenvalue weighted by Crippen LogP contribution is 2.37. The second-order valence-corrected chi connectivity index (χ2v) is 8.10. The van der Waals surface area contributed by atoms with Crippen LogP contribution in [0, 0.1) is 13.8 Å². The average molecular weight is 441 g/mol. The Morgan fingerprint density at radius 3 is 2.44 bits per heavy atom. The van der Waals surface area contributed by atoms with E-state index in [1.54, 1.807) is 58.9 Å². The average Bonchev–Trinajstić information content (AvgIpc) is 3.02.